The summed E-state index contributed by atoms with van der Waals surface area (Å²) in [6.45, 7) is 10.8. The molecule has 1 fully saturated rings. The minimum Gasteiger partial charge on any atom is -0.311 e. The molecule has 1 N–H and O–H groups in total. The van der Waals surface area contributed by atoms with Gasteiger partial charge in [-0.1, -0.05) is 26.7 Å². The zero-order chi connectivity index (χ0) is 11.8. The van der Waals surface area contributed by atoms with Crippen molar-refractivity contribution >= 4 is 0 Å². The number of piperidine rings is 1. The number of nitrogens with one attached hydrogen (secondary N) is 1. The molecule has 0 radical (unpaired) electrons. The lowest BCUT2D eigenvalue weighted by molar-refractivity contribution is 0.191. The second kappa shape index (κ2) is 8.08. The van der Waals surface area contributed by atoms with Crippen molar-refractivity contribution in [1.29, 1.82) is 0 Å². The van der Waals surface area contributed by atoms with Crippen molar-refractivity contribution in [3.63, 3.8) is 0 Å². The first-order valence-corrected chi connectivity index (χ1v) is 7.24. The Bertz CT molecular complexity index is 162. The van der Waals surface area contributed by atoms with Crippen LogP contribution in [0.2, 0.25) is 0 Å². The molecule has 0 saturated carbocycles. The lowest BCUT2D eigenvalue weighted by Gasteiger charge is -2.33. The number of hydrogen-bond donors (Lipinski definition) is 1. The van der Waals surface area contributed by atoms with Crippen LogP contribution < -0.4 is 5.32 Å². The van der Waals surface area contributed by atoms with Crippen LogP contribution in [0.3, 0.4) is 0 Å². The highest BCUT2D eigenvalue weighted by atomic mass is 15.1. The van der Waals surface area contributed by atoms with Crippen LogP contribution in [0.15, 0.2) is 0 Å². The molecule has 0 aromatic rings. The molecule has 16 heavy (non-hydrogen) atoms. The predicted molar refractivity (Wildman–Crippen MR) is 71.9 cm³/mol. The van der Waals surface area contributed by atoms with E-state index in [1.165, 1.54) is 58.2 Å². The van der Waals surface area contributed by atoms with Crippen LogP contribution in [0.4, 0.5) is 0 Å². The molecule has 0 amide bonds. The Morgan fingerprint density at radius 2 is 1.88 bits per heavy atom. The van der Waals surface area contributed by atoms with Gasteiger partial charge in [-0.05, 0) is 52.2 Å². The maximum atomic E-state index is 3.79. The molecule has 1 atom stereocenters. The largest absolute Gasteiger partial charge is 0.311 e. The third-order valence-electron chi connectivity index (χ3n) is 3.64. The highest BCUT2D eigenvalue weighted by molar-refractivity contribution is 4.79. The Morgan fingerprint density at radius 3 is 2.44 bits per heavy atom. The highest BCUT2D eigenvalue weighted by Crippen LogP contribution is 2.12. The van der Waals surface area contributed by atoms with Crippen LogP contribution in [-0.2, 0) is 0 Å². The first-order valence-electron chi connectivity index (χ1n) is 7.24. The van der Waals surface area contributed by atoms with Gasteiger partial charge < -0.3 is 10.2 Å². The van der Waals surface area contributed by atoms with Gasteiger partial charge in [-0.15, -0.1) is 0 Å². The Kier molecular flexibility index (Phi) is 7.06. The number of likely N-dealkylation sites (tertiary alicyclic amines) is 1. The van der Waals surface area contributed by atoms with Crippen molar-refractivity contribution in [2.24, 2.45) is 0 Å². The van der Waals surface area contributed by atoms with Gasteiger partial charge in [0.05, 0.1) is 0 Å². The van der Waals surface area contributed by atoms with Crippen molar-refractivity contribution in [2.45, 2.75) is 71.4 Å². The van der Waals surface area contributed by atoms with E-state index in [9.17, 15) is 0 Å². The van der Waals surface area contributed by atoms with Gasteiger partial charge in [0.1, 0.15) is 0 Å². The van der Waals surface area contributed by atoms with Gasteiger partial charge in [-0.25, -0.2) is 0 Å². The van der Waals surface area contributed by atoms with Gasteiger partial charge in [0.15, 0.2) is 0 Å². The second-order valence-corrected chi connectivity index (χ2v) is 5.33. The van der Waals surface area contributed by atoms with E-state index in [0.29, 0.717) is 6.04 Å². The van der Waals surface area contributed by atoms with Gasteiger partial charge in [0, 0.05) is 12.1 Å². The Hall–Kier alpha value is -0.0800. The van der Waals surface area contributed by atoms with E-state index in [0.717, 1.165) is 6.04 Å². The minimum absolute atomic E-state index is 0.711. The molecule has 0 spiro atoms. The third kappa shape index (κ3) is 5.31. The van der Waals surface area contributed by atoms with Crippen molar-refractivity contribution in [2.75, 3.05) is 19.6 Å². The predicted octanol–water partition coefficient (Wildman–Crippen LogP) is 3.03. The Labute approximate surface area is 102 Å². The Balaban J connectivity index is 2.11. The fraction of sp³-hybridized carbons (Fsp3) is 1.00. The molecule has 96 valence electrons. The molecule has 1 heterocycles. The van der Waals surface area contributed by atoms with E-state index in [1.54, 1.807) is 0 Å². The minimum atomic E-state index is 0.711. The lowest BCUT2D eigenvalue weighted by atomic mass is 10.0. The molecule has 0 aliphatic carbocycles. The molecule has 0 aromatic carbocycles. The molecular weight excluding hydrogens is 196 g/mol. The van der Waals surface area contributed by atoms with E-state index >= 15 is 0 Å². The SMILES string of the molecule is CCCCC(C)NC1CCN(CCC)CC1. The summed E-state index contributed by atoms with van der Waals surface area (Å²) in [6.07, 6.45) is 8.01. The molecule has 2 nitrogen and oxygen atoms in total. The highest BCUT2D eigenvalue weighted by Gasteiger charge is 2.19. The second-order valence-electron chi connectivity index (χ2n) is 5.33. The number of unbranched alkanes of at least 4 members (excludes halogenated alkanes) is 1. The standard InChI is InChI=1S/C14H30N2/c1-4-6-7-13(3)15-14-8-11-16(10-5-2)12-9-14/h13-15H,4-12H2,1-3H3. The first-order chi connectivity index (χ1) is 7.76. The van der Waals surface area contributed by atoms with E-state index in [2.05, 4.69) is 31.0 Å². The summed E-state index contributed by atoms with van der Waals surface area (Å²) in [5.74, 6) is 0. The molecule has 2 heteroatoms. The van der Waals surface area contributed by atoms with Crippen LogP contribution in [0.25, 0.3) is 0 Å². The summed E-state index contributed by atoms with van der Waals surface area (Å²) in [7, 11) is 0. The topological polar surface area (TPSA) is 15.3 Å². The molecule has 1 aliphatic rings. The molecule has 1 saturated heterocycles. The van der Waals surface area contributed by atoms with Crippen LogP contribution in [0, 0.1) is 0 Å². The average molecular weight is 226 g/mol. The molecule has 1 unspecified atom stereocenters. The van der Waals surface area contributed by atoms with Gasteiger partial charge in [0.25, 0.3) is 0 Å². The summed E-state index contributed by atoms with van der Waals surface area (Å²) in [5.41, 5.74) is 0. The summed E-state index contributed by atoms with van der Waals surface area (Å²) in [4.78, 5) is 2.61. The summed E-state index contributed by atoms with van der Waals surface area (Å²) < 4.78 is 0. The van der Waals surface area contributed by atoms with Gasteiger partial charge >= 0.3 is 0 Å². The van der Waals surface area contributed by atoms with Crippen LogP contribution in [0.5, 0.6) is 0 Å². The van der Waals surface area contributed by atoms with Gasteiger partial charge in [-0.3, -0.25) is 0 Å². The molecular formula is C14H30N2. The molecule has 0 aromatic heterocycles. The van der Waals surface area contributed by atoms with E-state index in [-0.39, 0.29) is 0 Å². The zero-order valence-electron chi connectivity index (χ0n) is 11.5. The third-order valence-corrected chi connectivity index (χ3v) is 3.64. The zero-order valence-corrected chi connectivity index (χ0v) is 11.5. The molecule has 1 aliphatic heterocycles. The van der Waals surface area contributed by atoms with E-state index in [4.69, 9.17) is 0 Å². The molecule has 1 rings (SSSR count). The Morgan fingerprint density at radius 1 is 1.19 bits per heavy atom. The number of hydrogen-bond acceptors (Lipinski definition) is 2. The maximum absolute atomic E-state index is 3.79. The van der Waals surface area contributed by atoms with Crippen molar-refractivity contribution < 1.29 is 0 Å². The normalized spacial score (nSPS) is 21.2. The van der Waals surface area contributed by atoms with E-state index < -0.39 is 0 Å². The van der Waals surface area contributed by atoms with Crippen LogP contribution in [0.1, 0.15) is 59.3 Å². The van der Waals surface area contributed by atoms with Crippen molar-refractivity contribution in [3.05, 3.63) is 0 Å². The smallest absolute Gasteiger partial charge is 0.00938 e. The summed E-state index contributed by atoms with van der Waals surface area (Å²) >= 11 is 0. The van der Waals surface area contributed by atoms with Crippen molar-refractivity contribution in [1.82, 2.24) is 10.2 Å². The van der Waals surface area contributed by atoms with Gasteiger partial charge in [0.2, 0.25) is 0 Å². The number of rotatable bonds is 7. The van der Waals surface area contributed by atoms with Crippen LogP contribution in [-0.4, -0.2) is 36.6 Å². The monoisotopic (exact) mass is 226 g/mol. The summed E-state index contributed by atoms with van der Waals surface area (Å²) in [6, 6.07) is 1.49. The first kappa shape index (κ1) is 14.0. The fourth-order valence-electron chi connectivity index (χ4n) is 2.64. The quantitative estimate of drug-likeness (QED) is 0.718. The average Bonchev–Trinajstić information content (AvgIpc) is 2.29. The lowest BCUT2D eigenvalue weighted by Crippen LogP contribution is -2.45. The summed E-state index contributed by atoms with van der Waals surface area (Å²) in [5, 5.41) is 3.79. The van der Waals surface area contributed by atoms with Crippen LogP contribution >= 0.6 is 0 Å². The van der Waals surface area contributed by atoms with Crippen molar-refractivity contribution in [3.8, 4) is 0 Å². The fourth-order valence-corrected chi connectivity index (χ4v) is 2.64. The van der Waals surface area contributed by atoms with E-state index in [1.807, 2.05) is 0 Å². The molecule has 0 bridgehead atoms. The van der Waals surface area contributed by atoms with Gasteiger partial charge in [-0.2, -0.15) is 0 Å². The maximum Gasteiger partial charge on any atom is 0.00938 e. The number of nitrogens with zero attached hydrogens (tertiary/aromatic N) is 1.